The fourth-order valence-electron chi connectivity index (χ4n) is 5.58. The van der Waals surface area contributed by atoms with Gasteiger partial charge in [0.05, 0.1) is 23.2 Å². The number of nitrogens with zero attached hydrogens (tertiary/aromatic N) is 4. The maximum atomic E-state index is 13.0. The highest BCUT2D eigenvalue weighted by atomic mass is 19.4. The molecule has 1 aliphatic carbocycles. The second kappa shape index (κ2) is 14.5. The molecule has 2 amide bonds. The van der Waals surface area contributed by atoms with Crippen LogP contribution in [-0.4, -0.2) is 63.1 Å². The number of rotatable bonds is 11. The molecule has 10 nitrogen and oxygen atoms in total. The summed E-state index contributed by atoms with van der Waals surface area (Å²) in [7, 11) is 1.95. The molecule has 0 radical (unpaired) electrons. The van der Waals surface area contributed by atoms with Crippen LogP contribution < -0.4 is 16.4 Å². The number of hydrogen-bond acceptors (Lipinski definition) is 7. The Morgan fingerprint density at radius 1 is 1.11 bits per heavy atom. The number of amides is 2. The summed E-state index contributed by atoms with van der Waals surface area (Å²) in [6, 6.07) is 8.41. The molecule has 0 aliphatic heterocycles. The lowest BCUT2D eigenvalue weighted by atomic mass is 9.95. The van der Waals surface area contributed by atoms with Crippen LogP contribution in [0.4, 0.5) is 24.8 Å². The minimum Gasteiger partial charge on any atom is -0.383 e. The molecule has 4 aromatic rings. The highest BCUT2D eigenvalue weighted by Gasteiger charge is 2.31. The summed E-state index contributed by atoms with van der Waals surface area (Å²) in [5.74, 6) is -0.427. The Bertz CT molecular complexity index is 1700. The van der Waals surface area contributed by atoms with E-state index in [1.54, 1.807) is 30.5 Å². The first-order valence-electron chi connectivity index (χ1n) is 15.3. The number of aromatic amines is 1. The van der Waals surface area contributed by atoms with Crippen molar-refractivity contribution >= 4 is 40.4 Å². The molecular weight excluding hydrogens is 597 g/mol. The number of carbonyl (C=O) groups excluding carboxylic acids is 2. The van der Waals surface area contributed by atoms with Crippen molar-refractivity contribution in [1.82, 2.24) is 30.4 Å². The number of aromatic nitrogens is 4. The molecule has 1 fully saturated rings. The Kier molecular flexibility index (Phi) is 10.3. The Morgan fingerprint density at radius 3 is 2.61 bits per heavy atom. The number of benzene rings is 1. The quantitative estimate of drug-likeness (QED) is 0.147. The van der Waals surface area contributed by atoms with Gasteiger partial charge in [0.25, 0.3) is 5.91 Å². The van der Waals surface area contributed by atoms with Crippen molar-refractivity contribution in [2.24, 2.45) is 0 Å². The predicted molar refractivity (Wildman–Crippen MR) is 172 cm³/mol. The van der Waals surface area contributed by atoms with Crippen LogP contribution in [0.3, 0.4) is 0 Å². The molecule has 0 saturated heterocycles. The minimum atomic E-state index is -4.55. The van der Waals surface area contributed by atoms with Crippen molar-refractivity contribution in [1.29, 1.82) is 0 Å². The Labute approximate surface area is 264 Å². The molecule has 0 unspecified atom stereocenters. The number of carbonyl (C=O) groups is 2. The molecule has 242 valence electrons. The molecule has 5 N–H and O–H groups in total. The number of H-pyrrole nitrogens is 1. The predicted octanol–water partition coefficient (Wildman–Crippen LogP) is 6.05. The minimum absolute atomic E-state index is 0.0833. The van der Waals surface area contributed by atoms with E-state index in [2.05, 4.69) is 30.8 Å². The average molecular weight is 635 g/mol. The van der Waals surface area contributed by atoms with E-state index in [0.29, 0.717) is 40.6 Å². The Balaban J connectivity index is 1.18. The van der Waals surface area contributed by atoms with Crippen molar-refractivity contribution < 1.29 is 22.8 Å². The van der Waals surface area contributed by atoms with Gasteiger partial charge in [0, 0.05) is 35.1 Å². The van der Waals surface area contributed by atoms with E-state index in [4.69, 9.17) is 5.73 Å². The number of hydrogen-bond donors (Lipinski definition) is 4. The molecule has 5 rings (SSSR count). The number of fused-ring (bicyclic) bond motifs is 1. The summed E-state index contributed by atoms with van der Waals surface area (Å²) < 4.78 is 39.0. The third-order valence-electron chi connectivity index (χ3n) is 8.00. The van der Waals surface area contributed by atoms with Crippen LogP contribution in [0.25, 0.3) is 28.2 Å². The van der Waals surface area contributed by atoms with E-state index in [-0.39, 0.29) is 17.3 Å². The standard InChI is InChI=1S/C33H37F3N8O2/c1-44(20-27(45)40-25-9-5-2-6-10-25)17-7-3-4-8-23-19-39-31(37)28-29(42-43-30(23)28)21-11-13-22(14-12-21)32(46)41-26-18-24(15-16-38-26)33(34,35)36/h4,8,11-16,18-19,25H,2-3,5-7,9-10,17,20H2,1H3,(H2,37,39)(H,40,45)(H,42,43)(H,38,41,46)/b8-4+. The number of nitrogens with two attached hydrogens (primary N) is 1. The third kappa shape index (κ3) is 8.27. The van der Waals surface area contributed by atoms with Crippen LogP contribution in [0.15, 0.2) is 54.9 Å². The van der Waals surface area contributed by atoms with Gasteiger partial charge in [-0.15, -0.1) is 0 Å². The zero-order valence-corrected chi connectivity index (χ0v) is 25.5. The number of alkyl halides is 3. The van der Waals surface area contributed by atoms with Crippen LogP contribution >= 0.6 is 0 Å². The number of nitrogens with one attached hydrogen (secondary N) is 3. The fraction of sp³-hybridized carbons (Fsp3) is 0.364. The molecular formula is C33H37F3N8O2. The highest BCUT2D eigenvalue weighted by Crippen LogP contribution is 2.33. The monoisotopic (exact) mass is 634 g/mol. The van der Waals surface area contributed by atoms with Gasteiger partial charge in [0.2, 0.25) is 5.91 Å². The van der Waals surface area contributed by atoms with Crippen molar-refractivity contribution in [2.75, 3.05) is 31.2 Å². The summed E-state index contributed by atoms with van der Waals surface area (Å²) in [5.41, 5.74) is 8.32. The van der Waals surface area contributed by atoms with Gasteiger partial charge in [-0.2, -0.15) is 18.3 Å². The molecule has 0 spiro atoms. The molecule has 1 aromatic carbocycles. The SMILES string of the molecule is CN(CCC/C=C/c1cnc(N)c2c(-c3ccc(C(=O)Nc4cc(C(F)(F)F)ccn4)cc3)[nH]nc12)CC(=O)NC1CCCCC1. The number of anilines is 2. The van der Waals surface area contributed by atoms with Crippen LogP contribution in [-0.2, 0) is 11.0 Å². The number of allylic oxidation sites excluding steroid dienone is 1. The smallest absolute Gasteiger partial charge is 0.383 e. The van der Waals surface area contributed by atoms with Crippen LogP contribution in [0.1, 0.15) is 66.4 Å². The maximum Gasteiger partial charge on any atom is 0.416 e. The molecule has 0 bridgehead atoms. The lowest BCUT2D eigenvalue weighted by Crippen LogP contribution is -2.42. The molecule has 46 heavy (non-hydrogen) atoms. The summed E-state index contributed by atoms with van der Waals surface area (Å²) in [4.78, 5) is 35.2. The number of pyridine rings is 2. The fourth-order valence-corrected chi connectivity index (χ4v) is 5.58. The maximum absolute atomic E-state index is 13.0. The number of likely N-dealkylation sites (N-methyl/N-ethyl adjacent to an activating group) is 1. The number of nitrogen functional groups attached to an aromatic ring is 1. The van der Waals surface area contributed by atoms with Crippen LogP contribution in [0.5, 0.6) is 0 Å². The molecule has 13 heteroatoms. The van der Waals surface area contributed by atoms with Crippen molar-refractivity contribution in [3.05, 3.63) is 71.6 Å². The first-order chi connectivity index (χ1) is 22.1. The van der Waals surface area contributed by atoms with Crippen molar-refractivity contribution in [3.8, 4) is 11.3 Å². The van der Waals surface area contributed by atoms with Gasteiger partial charge in [0.1, 0.15) is 17.2 Å². The lowest BCUT2D eigenvalue weighted by Gasteiger charge is -2.24. The largest absolute Gasteiger partial charge is 0.416 e. The van der Waals surface area contributed by atoms with E-state index >= 15 is 0 Å². The molecule has 3 heterocycles. The molecule has 1 aliphatic rings. The van der Waals surface area contributed by atoms with Crippen molar-refractivity contribution in [2.45, 2.75) is 57.2 Å². The van der Waals surface area contributed by atoms with Crippen molar-refractivity contribution in [3.63, 3.8) is 0 Å². The van der Waals surface area contributed by atoms with E-state index < -0.39 is 17.6 Å². The number of halogens is 3. The van der Waals surface area contributed by atoms with Crippen LogP contribution in [0, 0.1) is 0 Å². The highest BCUT2D eigenvalue weighted by molar-refractivity contribution is 6.05. The summed E-state index contributed by atoms with van der Waals surface area (Å²) >= 11 is 0. The van der Waals surface area contributed by atoms with Gasteiger partial charge in [-0.1, -0.05) is 43.5 Å². The molecule has 1 saturated carbocycles. The van der Waals surface area contributed by atoms with E-state index in [1.807, 2.05) is 24.1 Å². The zero-order chi connectivity index (χ0) is 32.7. The third-order valence-corrected chi connectivity index (χ3v) is 8.00. The second-order valence-corrected chi connectivity index (χ2v) is 11.6. The first-order valence-corrected chi connectivity index (χ1v) is 15.3. The number of unbranched alkanes of at least 4 members (excludes halogenated alkanes) is 1. The summed E-state index contributed by atoms with van der Waals surface area (Å²) in [6.07, 6.45) is 9.56. The summed E-state index contributed by atoms with van der Waals surface area (Å²) in [6.45, 7) is 1.17. The van der Waals surface area contributed by atoms with Gasteiger partial charge >= 0.3 is 6.18 Å². The Morgan fingerprint density at radius 2 is 1.87 bits per heavy atom. The topological polar surface area (TPSA) is 142 Å². The second-order valence-electron chi connectivity index (χ2n) is 11.6. The van der Waals surface area contributed by atoms with Gasteiger partial charge < -0.3 is 16.4 Å². The lowest BCUT2D eigenvalue weighted by molar-refractivity contribution is -0.137. The summed E-state index contributed by atoms with van der Waals surface area (Å²) in [5, 5.41) is 13.7. The molecule has 3 aromatic heterocycles. The van der Waals surface area contributed by atoms with Gasteiger partial charge in [-0.05, 0) is 63.5 Å². The van der Waals surface area contributed by atoms with Crippen LogP contribution in [0.2, 0.25) is 0 Å². The normalized spacial score (nSPS) is 14.3. The first kappa shape index (κ1) is 32.6. The van der Waals surface area contributed by atoms with Gasteiger partial charge in [-0.3, -0.25) is 19.6 Å². The van der Waals surface area contributed by atoms with E-state index in [9.17, 15) is 22.8 Å². The van der Waals surface area contributed by atoms with Gasteiger partial charge in [-0.25, -0.2) is 9.97 Å². The zero-order valence-electron chi connectivity index (χ0n) is 25.5. The van der Waals surface area contributed by atoms with E-state index in [1.165, 1.54) is 19.3 Å². The Hall–Kier alpha value is -4.78. The van der Waals surface area contributed by atoms with E-state index in [0.717, 1.165) is 56.1 Å². The molecule has 0 atom stereocenters. The average Bonchev–Trinajstić information content (AvgIpc) is 3.48. The van der Waals surface area contributed by atoms with Gasteiger partial charge in [0.15, 0.2) is 0 Å².